The molecule has 2 amide bonds. The van der Waals surface area contributed by atoms with Gasteiger partial charge in [0.2, 0.25) is 11.8 Å². The molecule has 0 aromatic heterocycles. The molecule has 0 fully saturated rings. The van der Waals surface area contributed by atoms with Crippen molar-refractivity contribution in [3.05, 3.63) is 129 Å². The van der Waals surface area contributed by atoms with Crippen molar-refractivity contribution in [1.29, 1.82) is 0 Å². The summed E-state index contributed by atoms with van der Waals surface area (Å²) in [5, 5.41) is 3.83. The van der Waals surface area contributed by atoms with Crippen molar-refractivity contribution in [3.8, 4) is 0 Å². The fourth-order valence-electron chi connectivity index (χ4n) is 4.40. The Labute approximate surface area is 260 Å². The summed E-state index contributed by atoms with van der Waals surface area (Å²) in [5.41, 5.74) is 1.74. The van der Waals surface area contributed by atoms with E-state index in [0.717, 1.165) is 9.87 Å². The molecule has 0 aliphatic rings. The Morgan fingerprint density at radius 3 is 1.98 bits per heavy atom. The van der Waals surface area contributed by atoms with Crippen LogP contribution in [0.15, 0.2) is 108 Å². The zero-order valence-corrected chi connectivity index (χ0v) is 25.7. The van der Waals surface area contributed by atoms with E-state index >= 15 is 0 Å². The van der Waals surface area contributed by atoms with Crippen LogP contribution in [0.2, 0.25) is 15.1 Å². The first kappa shape index (κ1) is 31.4. The Balaban J connectivity index is 1.78. The van der Waals surface area contributed by atoms with Gasteiger partial charge in [-0.2, -0.15) is 0 Å². The lowest BCUT2D eigenvalue weighted by Gasteiger charge is -2.33. The number of amides is 2. The zero-order chi connectivity index (χ0) is 30.3. The van der Waals surface area contributed by atoms with Crippen molar-refractivity contribution in [2.75, 3.05) is 17.9 Å². The maximum atomic E-state index is 14.2. The molecular formula is C31H28Cl3N3O4S. The molecule has 1 atom stereocenters. The molecule has 42 heavy (non-hydrogen) atoms. The van der Waals surface area contributed by atoms with E-state index in [1.54, 1.807) is 42.5 Å². The Morgan fingerprint density at radius 2 is 1.38 bits per heavy atom. The van der Waals surface area contributed by atoms with Gasteiger partial charge >= 0.3 is 0 Å². The zero-order valence-electron chi connectivity index (χ0n) is 22.6. The highest BCUT2D eigenvalue weighted by molar-refractivity contribution is 7.92. The minimum atomic E-state index is -4.25. The van der Waals surface area contributed by atoms with Crippen LogP contribution in [-0.2, 0) is 32.6 Å². The third-order valence-corrected chi connectivity index (χ3v) is 9.09. The third-order valence-electron chi connectivity index (χ3n) is 6.56. The van der Waals surface area contributed by atoms with Gasteiger partial charge in [0.25, 0.3) is 10.0 Å². The van der Waals surface area contributed by atoms with Crippen LogP contribution in [0, 0.1) is 0 Å². The minimum Gasteiger partial charge on any atom is -0.357 e. The van der Waals surface area contributed by atoms with Gasteiger partial charge in [-0.15, -0.1) is 0 Å². The molecule has 0 unspecified atom stereocenters. The van der Waals surface area contributed by atoms with Gasteiger partial charge in [0.05, 0.1) is 10.6 Å². The molecule has 4 aromatic rings. The van der Waals surface area contributed by atoms with Crippen molar-refractivity contribution in [1.82, 2.24) is 10.2 Å². The van der Waals surface area contributed by atoms with Crippen LogP contribution >= 0.6 is 34.8 Å². The highest BCUT2D eigenvalue weighted by Gasteiger charge is 2.34. The fraction of sp³-hybridized carbons (Fsp3) is 0.161. The van der Waals surface area contributed by atoms with Gasteiger partial charge in [0.1, 0.15) is 12.6 Å². The van der Waals surface area contributed by atoms with Gasteiger partial charge in [-0.1, -0.05) is 83.3 Å². The van der Waals surface area contributed by atoms with Crippen LogP contribution in [0.1, 0.15) is 11.1 Å². The standard InChI is InChI=1S/C31H28Cl3N3O4S/c1-35-31(39)29(18-22-6-3-2-4-7-22)36(20-23-10-12-24(32)13-11-23)30(38)21-37(27-9-5-8-26(34)19-27)42(40,41)28-16-14-25(33)15-17-28/h2-17,19,29H,18,20-21H2,1H3,(H,35,39)/t29-/m0/s1. The van der Waals surface area contributed by atoms with Gasteiger partial charge in [0, 0.05) is 35.1 Å². The largest absolute Gasteiger partial charge is 0.357 e. The van der Waals surface area contributed by atoms with Crippen molar-refractivity contribution >= 4 is 62.3 Å². The van der Waals surface area contributed by atoms with Crippen LogP contribution in [0.4, 0.5) is 5.69 Å². The first-order valence-corrected chi connectivity index (χ1v) is 15.5. The quantitative estimate of drug-likeness (QED) is 0.210. The number of nitrogens with one attached hydrogen (secondary N) is 1. The fourth-order valence-corrected chi connectivity index (χ4v) is 6.24. The molecule has 0 heterocycles. The molecule has 0 aliphatic heterocycles. The van der Waals surface area contributed by atoms with Crippen LogP contribution < -0.4 is 9.62 Å². The van der Waals surface area contributed by atoms with E-state index in [1.165, 1.54) is 42.3 Å². The predicted molar refractivity (Wildman–Crippen MR) is 167 cm³/mol. The lowest BCUT2D eigenvalue weighted by molar-refractivity contribution is -0.139. The van der Waals surface area contributed by atoms with Gasteiger partial charge in [-0.05, 0) is 65.7 Å². The average Bonchev–Trinajstić information content (AvgIpc) is 2.98. The maximum Gasteiger partial charge on any atom is 0.264 e. The second kappa shape index (κ2) is 14.1. The molecule has 1 N–H and O–H groups in total. The summed E-state index contributed by atoms with van der Waals surface area (Å²) < 4.78 is 28.9. The van der Waals surface area contributed by atoms with Crippen LogP contribution in [0.25, 0.3) is 0 Å². The number of sulfonamides is 1. The molecule has 4 aromatic carbocycles. The molecule has 0 bridgehead atoms. The second-order valence-corrected chi connectivity index (χ2v) is 12.6. The van der Waals surface area contributed by atoms with E-state index in [9.17, 15) is 18.0 Å². The van der Waals surface area contributed by atoms with E-state index in [4.69, 9.17) is 34.8 Å². The number of anilines is 1. The van der Waals surface area contributed by atoms with Crippen LogP contribution in [0.5, 0.6) is 0 Å². The van der Waals surface area contributed by atoms with Crippen molar-refractivity contribution < 1.29 is 18.0 Å². The average molecular weight is 645 g/mol. The first-order valence-electron chi connectivity index (χ1n) is 12.9. The smallest absolute Gasteiger partial charge is 0.264 e. The van der Waals surface area contributed by atoms with Crippen LogP contribution in [0.3, 0.4) is 0 Å². The van der Waals surface area contributed by atoms with Gasteiger partial charge in [0.15, 0.2) is 0 Å². The summed E-state index contributed by atoms with van der Waals surface area (Å²) in [6.07, 6.45) is 0.209. The highest BCUT2D eigenvalue weighted by atomic mass is 35.5. The number of hydrogen-bond donors (Lipinski definition) is 1. The number of carbonyl (C=O) groups is 2. The summed E-state index contributed by atoms with van der Waals surface area (Å²) >= 11 is 18.3. The number of likely N-dealkylation sites (N-methyl/N-ethyl adjacent to an activating group) is 1. The lowest BCUT2D eigenvalue weighted by Crippen LogP contribution is -2.53. The topological polar surface area (TPSA) is 86.8 Å². The molecule has 0 aliphatic carbocycles. The van der Waals surface area contributed by atoms with E-state index < -0.39 is 34.4 Å². The molecule has 0 saturated heterocycles. The third kappa shape index (κ3) is 7.83. The van der Waals surface area contributed by atoms with Gasteiger partial charge < -0.3 is 10.2 Å². The summed E-state index contributed by atoms with van der Waals surface area (Å²) in [4.78, 5) is 28.8. The van der Waals surface area contributed by atoms with Gasteiger partial charge in [-0.25, -0.2) is 8.42 Å². The second-order valence-electron chi connectivity index (χ2n) is 9.41. The number of benzene rings is 4. The number of halogens is 3. The number of rotatable bonds is 11. The first-order chi connectivity index (χ1) is 20.1. The summed E-state index contributed by atoms with van der Waals surface area (Å²) in [5.74, 6) is -0.983. The van der Waals surface area contributed by atoms with Crippen molar-refractivity contribution in [3.63, 3.8) is 0 Å². The minimum absolute atomic E-state index is 0.0330. The van der Waals surface area contributed by atoms with Crippen molar-refractivity contribution in [2.24, 2.45) is 0 Å². The predicted octanol–water partition coefficient (Wildman–Crippen LogP) is 6.23. The molecule has 4 rings (SSSR count). The molecule has 0 spiro atoms. The maximum absolute atomic E-state index is 14.2. The summed E-state index contributed by atoms with van der Waals surface area (Å²) in [7, 11) is -2.76. The van der Waals surface area contributed by atoms with Crippen LogP contribution in [-0.4, -0.2) is 44.8 Å². The Hall–Kier alpha value is -3.56. The Morgan fingerprint density at radius 1 is 0.762 bits per heavy atom. The SMILES string of the molecule is CNC(=O)[C@H](Cc1ccccc1)N(Cc1ccc(Cl)cc1)C(=O)CN(c1cccc(Cl)c1)S(=O)(=O)c1ccc(Cl)cc1. The Bertz CT molecular complexity index is 1630. The number of nitrogens with zero attached hydrogens (tertiary/aromatic N) is 2. The van der Waals surface area contributed by atoms with E-state index in [-0.39, 0.29) is 23.5 Å². The molecule has 0 saturated carbocycles. The summed E-state index contributed by atoms with van der Waals surface area (Å²) in [6, 6.07) is 27.1. The van der Waals surface area contributed by atoms with Crippen molar-refractivity contribution in [2.45, 2.75) is 23.9 Å². The van der Waals surface area contributed by atoms with Gasteiger partial charge in [-0.3, -0.25) is 13.9 Å². The van der Waals surface area contributed by atoms with E-state index in [1.807, 2.05) is 30.3 Å². The Kier molecular flexibility index (Phi) is 10.5. The summed E-state index contributed by atoms with van der Waals surface area (Å²) in [6.45, 7) is -0.563. The molecule has 218 valence electrons. The van der Waals surface area contributed by atoms with E-state index in [2.05, 4.69) is 5.32 Å². The molecular weight excluding hydrogens is 617 g/mol. The number of carbonyl (C=O) groups excluding carboxylic acids is 2. The molecule has 11 heteroatoms. The monoisotopic (exact) mass is 643 g/mol. The highest BCUT2D eigenvalue weighted by Crippen LogP contribution is 2.28. The lowest BCUT2D eigenvalue weighted by atomic mass is 10.0. The normalized spacial score (nSPS) is 11.9. The molecule has 7 nitrogen and oxygen atoms in total. The number of hydrogen-bond acceptors (Lipinski definition) is 4. The van der Waals surface area contributed by atoms with E-state index in [0.29, 0.717) is 20.6 Å². The molecule has 0 radical (unpaired) electrons.